The number of hydrogen-bond donors (Lipinski definition) is 1. The molecule has 0 amide bonds. The summed E-state index contributed by atoms with van der Waals surface area (Å²) in [5, 5.41) is 15.0. The van der Waals surface area contributed by atoms with E-state index in [1.165, 1.54) is 18.3 Å². The predicted molar refractivity (Wildman–Crippen MR) is 92.6 cm³/mol. The van der Waals surface area contributed by atoms with Gasteiger partial charge in [-0.3, -0.25) is 15.5 Å². The van der Waals surface area contributed by atoms with E-state index in [0.717, 1.165) is 16.9 Å². The highest BCUT2D eigenvalue weighted by Crippen LogP contribution is 2.20. The van der Waals surface area contributed by atoms with Crippen molar-refractivity contribution in [1.29, 1.82) is 0 Å². The monoisotopic (exact) mass is 321 g/mol. The first-order chi connectivity index (χ1) is 11.7. The molecular weight excluding hydrogens is 306 g/mol. The minimum absolute atomic E-state index is 0.104. The highest BCUT2D eigenvalue weighted by molar-refractivity contribution is 5.79. The van der Waals surface area contributed by atoms with E-state index in [9.17, 15) is 10.1 Å². The van der Waals surface area contributed by atoms with Crippen molar-refractivity contribution >= 4 is 17.7 Å². The van der Waals surface area contributed by atoms with Crippen molar-refractivity contribution in [2.75, 3.05) is 5.43 Å². The Bertz CT molecular complexity index is 901. The van der Waals surface area contributed by atoms with Gasteiger partial charge >= 0.3 is 5.69 Å². The van der Waals surface area contributed by atoms with Crippen LogP contribution < -0.4 is 5.43 Å². The molecule has 24 heavy (non-hydrogen) atoms. The molecule has 120 valence electrons. The minimum Gasteiger partial charge on any atom is -0.315 e. The van der Waals surface area contributed by atoms with Crippen LogP contribution in [0.1, 0.15) is 11.3 Å². The molecule has 0 atom stereocenters. The Morgan fingerprint density at radius 2 is 2.04 bits per heavy atom. The lowest BCUT2D eigenvalue weighted by Crippen LogP contribution is -2.02. The third kappa shape index (κ3) is 3.14. The number of nitrogens with zero attached hydrogens (tertiary/aromatic N) is 4. The number of hydrazone groups is 1. The molecule has 3 aromatic rings. The second-order valence-electron chi connectivity index (χ2n) is 5.09. The lowest BCUT2D eigenvalue weighted by molar-refractivity contribution is -0.384. The maximum Gasteiger partial charge on any atom is 0.313 e. The highest BCUT2D eigenvalue weighted by Gasteiger charge is 2.13. The molecule has 0 aliphatic heterocycles. The predicted octanol–water partition coefficient (Wildman–Crippen LogP) is 3.53. The summed E-state index contributed by atoms with van der Waals surface area (Å²) >= 11 is 0. The second-order valence-corrected chi connectivity index (χ2v) is 5.09. The lowest BCUT2D eigenvalue weighted by Gasteiger charge is -2.09. The molecule has 1 N–H and O–H groups in total. The second kappa shape index (κ2) is 6.74. The fraction of sp³-hybridized carbons (Fsp3) is 0.0588. The number of nitrogens with one attached hydrogen (secondary N) is 1. The number of anilines is 1. The summed E-state index contributed by atoms with van der Waals surface area (Å²) in [6.45, 7) is 2.03. The third-order valence-corrected chi connectivity index (χ3v) is 3.51. The number of nitro groups is 1. The molecule has 0 bridgehead atoms. The molecule has 2 aromatic heterocycles. The van der Waals surface area contributed by atoms with Gasteiger partial charge in [0, 0.05) is 24.1 Å². The summed E-state index contributed by atoms with van der Waals surface area (Å²) in [6, 6.07) is 14.7. The molecular formula is C17H15N5O2. The van der Waals surface area contributed by atoms with E-state index < -0.39 is 4.92 Å². The van der Waals surface area contributed by atoms with E-state index in [1.807, 2.05) is 54.1 Å². The first kappa shape index (κ1) is 15.4. The van der Waals surface area contributed by atoms with Crippen LogP contribution in [0.4, 0.5) is 11.5 Å². The molecule has 1 aromatic carbocycles. The van der Waals surface area contributed by atoms with Gasteiger partial charge in [-0.15, -0.1) is 0 Å². The number of pyridine rings is 1. The number of rotatable bonds is 5. The van der Waals surface area contributed by atoms with Crippen LogP contribution in [-0.2, 0) is 0 Å². The molecule has 0 unspecified atom stereocenters. The van der Waals surface area contributed by atoms with Crippen LogP contribution in [0.15, 0.2) is 66.0 Å². The van der Waals surface area contributed by atoms with Gasteiger partial charge in [0.05, 0.1) is 16.8 Å². The maximum atomic E-state index is 11.0. The van der Waals surface area contributed by atoms with E-state index >= 15 is 0 Å². The maximum absolute atomic E-state index is 11.0. The molecule has 0 radical (unpaired) electrons. The van der Waals surface area contributed by atoms with Gasteiger partial charge in [-0.1, -0.05) is 18.2 Å². The Balaban J connectivity index is 1.84. The molecule has 2 heterocycles. The van der Waals surface area contributed by atoms with Gasteiger partial charge in [-0.2, -0.15) is 5.10 Å². The van der Waals surface area contributed by atoms with E-state index in [2.05, 4.69) is 15.5 Å². The van der Waals surface area contributed by atoms with Crippen LogP contribution in [0.25, 0.3) is 5.69 Å². The number of hydrogen-bond acceptors (Lipinski definition) is 5. The Labute approximate surface area is 138 Å². The molecule has 0 spiro atoms. The third-order valence-electron chi connectivity index (χ3n) is 3.51. The van der Waals surface area contributed by atoms with Crippen LogP contribution in [-0.4, -0.2) is 20.7 Å². The number of benzene rings is 1. The van der Waals surface area contributed by atoms with Gasteiger partial charge in [0.2, 0.25) is 5.82 Å². The molecule has 0 fully saturated rings. The van der Waals surface area contributed by atoms with Crippen molar-refractivity contribution in [3.63, 3.8) is 0 Å². The van der Waals surface area contributed by atoms with E-state index in [1.54, 1.807) is 6.21 Å². The SMILES string of the molecule is Cc1ccccc1-n1cccc1/C=N\Nc1ncccc1[N+](=O)[O-]. The molecule has 3 rings (SSSR count). The average molecular weight is 321 g/mol. The van der Waals surface area contributed by atoms with Crippen molar-refractivity contribution in [3.05, 3.63) is 82.3 Å². The van der Waals surface area contributed by atoms with Crippen molar-refractivity contribution < 1.29 is 4.92 Å². The number of para-hydroxylation sites is 1. The molecule has 0 saturated carbocycles. The van der Waals surface area contributed by atoms with Crippen LogP contribution >= 0.6 is 0 Å². The normalized spacial score (nSPS) is 10.9. The first-order valence-electron chi connectivity index (χ1n) is 7.28. The molecule has 0 aliphatic carbocycles. The van der Waals surface area contributed by atoms with Gasteiger partial charge < -0.3 is 4.57 Å². The molecule has 0 saturated heterocycles. The van der Waals surface area contributed by atoms with Crippen LogP contribution in [0.3, 0.4) is 0 Å². The molecule has 7 nitrogen and oxygen atoms in total. The van der Waals surface area contributed by atoms with Gasteiger partial charge in [0.15, 0.2) is 0 Å². The van der Waals surface area contributed by atoms with Gasteiger partial charge in [-0.25, -0.2) is 4.98 Å². The summed E-state index contributed by atoms with van der Waals surface area (Å²) in [6.07, 6.45) is 5.01. The van der Waals surface area contributed by atoms with Crippen molar-refractivity contribution in [2.24, 2.45) is 5.10 Å². The highest BCUT2D eigenvalue weighted by atomic mass is 16.6. The van der Waals surface area contributed by atoms with Crippen molar-refractivity contribution in [3.8, 4) is 5.69 Å². The van der Waals surface area contributed by atoms with Gasteiger partial charge in [-0.05, 0) is 36.8 Å². The van der Waals surface area contributed by atoms with Crippen LogP contribution in [0.2, 0.25) is 0 Å². The average Bonchev–Trinajstić information content (AvgIpc) is 3.04. The standard InChI is InChI=1S/C17H15N5O2/c1-13-6-2-3-8-15(13)21-11-5-7-14(21)12-19-20-17-16(22(23)24)9-4-10-18-17/h2-12H,1H3,(H,18,20)/b19-12-. The quantitative estimate of drug-likeness (QED) is 0.442. The zero-order valence-electron chi connectivity index (χ0n) is 13.0. The first-order valence-corrected chi connectivity index (χ1v) is 7.28. The summed E-state index contributed by atoms with van der Waals surface area (Å²) in [5.74, 6) is 0.104. The van der Waals surface area contributed by atoms with Crippen molar-refractivity contribution in [1.82, 2.24) is 9.55 Å². The molecule has 7 heteroatoms. The fourth-order valence-corrected chi connectivity index (χ4v) is 2.34. The molecule has 0 aliphatic rings. The minimum atomic E-state index is -0.499. The summed E-state index contributed by atoms with van der Waals surface area (Å²) in [5.41, 5.74) is 5.54. The van der Waals surface area contributed by atoms with Crippen LogP contribution in [0, 0.1) is 17.0 Å². The zero-order chi connectivity index (χ0) is 16.9. The Morgan fingerprint density at radius 3 is 2.83 bits per heavy atom. The topological polar surface area (TPSA) is 85.3 Å². The number of aromatic nitrogens is 2. The summed E-state index contributed by atoms with van der Waals surface area (Å²) < 4.78 is 1.99. The Kier molecular flexibility index (Phi) is 4.33. The van der Waals surface area contributed by atoms with Gasteiger partial charge in [0.1, 0.15) is 0 Å². The fourth-order valence-electron chi connectivity index (χ4n) is 2.34. The van der Waals surface area contributed by atoms with E-state index in [4.69, 9.17) is 0 Å². The van der Waals surface area contributed by atoms with Crippen LogP contribution in [0.5, 0.6) is 0 Å². The zero-order valence-corrected chi connectivity index (χ0v) is 13.0. The lowest BCUT2D eigenvalue weighted by atomic mass is 10.2. The van der Waals surface area contributed by atoms with E-state index in [-0.39, 0.29) is 11.5 Å². The Morgan fingerprint density at radius 1 is 1.21 bits per heavy atom. The Hall–Kier alpha value is -3.48. The largest absolute Gasteiger partial charge is 0.315 e. The summed E-state index contributed by atoms with van der Waals surface area (Å²) in [7, 11) is 0. The van der Waals surface area contributed by atoms with E-state index in [0.29, 0.717) is 0 Å². The van der Waals surface area contributed by atoms with Crippen molar-refractivity contribution in [2.45, 2.75) is 6.92 Å². The summed E-state index contributed by atoms with van der Waals surface area (Å²) in [4.78, 5) is 14.4. The van der Waals surface area contributed by atoms with Gasteiger partial charge in [0.25, 0.3) is 0 Å². The number of aryl methyl sites for hydroxylation is 1. The smallest absolute Gasteiger partial charge is 0.313 e.